The third-order valence-electron chi connectivity index (χ3n) is 4.16. The Bertz CT molecular complexity index is 692. The number of carbonyl (C=O) groups excluding carboxylic acids is 1. The first-order chi connectivity index (χ1) is 11.4. The van der Waals surface area contributed by atoms with E-state index in [1.165, 1.54) is 6.07 Å². The molecule has 0 fully saturated rings. The van der Waals surface area contributed by atoms with Crippen LogP contribution in [0, 0.1) is 6.92 Å². The maximum absolute atomic E-state index is 12.6. The van der Waals surface area contributed by atoms with Gasteiger partial charge in [0.05, 0.1) is 16.6 Å². The van der Waals surface area contributed by atoms with Crippen molar-refractivity contribution in [1.82, 2.24) is 0 Å². The molecular weight excluding hydrogens is 353 g/mol. The zero-order chi connectivity index (χ0) is 19.3. The molecule has 0 N–H and O–H groups in total. The summed E-state index contributed by atoms with van der Waals surface area (Å²) in [6, 6.07) is 3.40. The average molecular weight is 378 g/mol. The van der Waals surface area contributed by atoms with Crippen LogP contribution in [0.3, 0.4) is 0 Å². The van der Waals surface area contributed by atoms with Crippen molar-refractivity contribution in [2.24, 2.45) is 0 Å². The number of hydrogen-bond donors (Lipinski definition) is 0. The van der Waals surface area contributed by atoms with Crippen molar-refractivity contribution in [3.05, 3.63) is 34.9 Å². The Balaban J connectivity index is 2.43. The van der Waals surface area contributed by atoms with E-state index in [1.54, 1.807) is 20.8 Å². The number of aryl methyl sites for hydroxylation is 1. The lowest BCUT2D eigenvalue weighted by atomic mass is 9.98. The minimum Gasteiger partial charge on any atom is -0.299 e. The summed E-state index contributed by atoms with van der Waals surface area (Å²) < 4.78 is 61.2. The van der Waals surface area contributed by atoms with E-state index >= 15 is 0 Å². The van der Waals surface area contributed by atoms with E-state index in [0.717, 1.165) is 12.1 Å². The predicted octanol–water partition coefficient (Wildman–Crippen LogP) is 4.51. The van der Waals surface area contributed by atoms with E-state index < -0.39 is 26.8 Å². The fourth-order valence-corrected chi connectivity index (χ4v) is 3.49. The van der Waals surface area contributed by atoms with Crippen molar-refractivity contribution in [2.45, 2.75) is 64.3 Å². The van der Waals surface area contributed by atoms with Gasteiger partial charge in [0.25, 0.3) is 0 Å². The molecule has 0 heterocycles. The normalized spacial score (nSPS) is 12.6. The number of carbonyl (C=O) groups is 1. The standard InChI is InChI=1S/C18H25F3O3S/c1-13(2)25(23,24)10-6-4-5-7-17(22)12-15-8-9-16(11-14(15)3)18(19,20)21/h8-9,11,13H,4-7,10,12H2,1-3H3. The highest BCUT2D eigenvalue weighted by Crippen LogP contribution is 2.30. The number of benzene rings is 1. The van der Waals surface area contributed by atoms with E-state index in [1.807, 2.05) is 0 Å². The van der Waals surface area contributed by atoms with E-state index in [0.29, 0.717) is 36.8 Å². The Kier molecular flexibility index (Phi) is 7.65. The molecule has 0 aromatic heterocycles. The fraction of sp³-hybridized carbons (Fsp3) is 0.611. The van der Waals surface area contributed by atoms with Crippen LogP contribution in [0.4, 0.5) is 13.2 Å². The molecule has 0 spiro atoms. The van der Waals surface area contributed by atoms with Crippen LogP contribution in [0.25, 0.3) is 0 Å². The summed E-state index contributed by atoms with van der Waals surface area (Å²) in [6.07, 6.45) is -2.22. The Labute approximate surface area is 147 Å². The van der Waals surface area contributed by atoms with Crippen LogP contribution in [-0.2, 0) is 27.2 Å². The van der Waals surface area contributed by atoms with Crippen molar-refractivity contribution >= 4 is 15.6 Å². The Morgan fingerprint density at radius 2 is 1.76 bits per heavy atom. The topological polar surface area (TPSA) is 51.2 Å². The van der Waals surface area contributed by atoms with Gasteiger partial charge in [-0.15, -0.1) is 0 Å². The third kappa shape index (κ3) is 7.18. The number of rotatable bonds is 9. The molecule has 0 aliphatic heterocycles. The van der Waals surface area contributed by atoms with Crippen molar-refractivity contribution in [1.29, 1.82) is 0 Å². The molecule has 0 saturated heterocycles. The molecule has 0 aliphatic rings. The van der Waals surface area contributed by atoms with Gasteiger partial charge < -0.3 is 0 Å². The third-order valence-corrected chi connectivity index (χ3v) is 6.45. The van der Waals surface area contributed by atoms with Gasteiger partial charge in [0.1, 0.15) is 5.78 Å². The molecule has 25 heavy (non-hydrogen) atoms. The maximum atomic E-state index is 12.6. The lowest BCUT2D eigenvalue weighted by molar-refractivity contribution is -0.137. The van der Waals surface area contributed by atoms with Crippen LogP contribution >= 0.6 is 0 Å². The molecule has 0 amide bonds. The quantitative estimate of drug-likeness (QED) is 0.594. The van der Waals surface area contributed by atoms with Gasteiger partial charge >= 0.3 is 6.18 Å². The number of unbranched alkanes of at least 4 members (excludes halogenated alkanes) is 2. The summed E-state index contributed by atoms with van der Waals surface area (Å²) in [6.45, 7) is 4.85. The van der Waals surface area contributed by atoms with Crippen molar-refractivity contribution in [3.63, 3.8) is 0 Å². The van der Waals surface area contributed by atoms with Gasteiger partial charge in [-0.25, -0.2) is 8.42 Å². The second-order valence-electron chi connectivity index (χ2n) is 6.58. The zero-order valence-electron chi connectivity index (χ0n) is 14.8. The molecular formula is C18H25F3O3S. The molecule has 0 bridgehead atoms. The van der Waals surface area contributed by atoms with Gasteiger partial charge in [0.15, 0.2) is 9.84 Å². The minimum absolute atomic E-state index is 0.0467. The van der Waals surface area contributed by atoms with Crippen LogP contribution in [0.5, 0.6) is 0 Å². The van der Waals surface area contributed by atoms with Crippen molar-refractivity contribution in [3.8, 4) is 0 Å². The van der Waals surface area contributed by atoms with Gasteiger partial charge in [-0.05, 0) is 56.9 Å². The van der Waals surface area contributed by atoms with E-state index in [2.05, 4.69) is 0 Å². The zero-order valence-corrected chi connectivity index (χ0v) is 15.6. The smallest absolute Gasteiger partial charge is 0.299 e. The highest BCUT2D eigenvalue weighted by Gasteiger charge is 2.30. The second kappa shape index (κ2) is 8.83. The monoisotopic (exact) mass is 378 g/mol. The van der Waals surface area contributed by atoms with E-state index in [-0.39, 0.29) is 18.0 Å². The van der Waals surface area contributed by atoms with Crippen LogP contribution in [-0.4, -0.2) is 25.2 Å². The molecule has 1 rings (SSSR count). The summed E-state index contributed by atoms with van der Waals surface area (Å²) in [5, 5.41) is -0.392. The molecule has 7 heteroatoms. The lowest BCUT2D eigenvalue weighted by Gasteiger charge is -2.11. The highest BCUT2D eigenvalue weighted by molar-refractivity contribution is 7.91. The van der Waals surface area contributed by atoms with Crippen LogP contribution in [0.2, 0.25) is 0 Å². The van der Waals surface area contributed by atoms with Crippen LogP contribution < -0.4 is 0 Å². The number of sulfone groups is 1. The summed E-state index contributed by atoms with van der Waals surface area (Å²) in [5.74, 6) is 0.0752. The Morgan fingerprint density at radius 3 is 2.28 bits per heavy atom. The summed E-state index contributed by atoms with van der Waals surface area (Å²) in [5.41, 5.74) is 0.333. The van der Waals surface area contributed by atoms with Crippen LogP contribution in [0.15, 0.2) is 18.2 Å². The second-order valence-corrected chi connectivity index (χ2v) is 9.26. The van der Waals surface area contributed by atoms with Crippen molar-refractivity contribution < 1.29 is 26.4 Å². The number of hydrogen-bond acceptors (Lipinski definition) is 3. The fourth-order valence-electron chi connectivity index (χ4n) is 2.41. The van der Waals surface area contributed by atoms with Gasteiger partial charge in [0, 0.05) is 12.8 Å². The van der Waals surface area contributed by atoms with E-state index in [4.69, 9.17) is 0 Å². The molecule has 0 aliphatic carbocycles. The Morgan fingerprint density at radius 1 is 1.12 bits per heavy atom. The predicted molar refractivity (Wildman–Crippen MR) is 92.3 cm³/mol. The molecule has 0 saturated carbocycles. The van der Waals surface area contributed by atoms with Crippen LogP contribution in [0.1, 0.15) is 56.2 Å². The summed E-state index contributed by atoms with van der Waals surface area (Å²) in [7, 11) is -3.05. The average Bonchev–Trinajstić information content (AvgIpc) is 2.47. The van der Waals surface area contributed by atoms with Gasteiger partial charge in [0.2, 0.25) is 0 Å². The molecule has 3 nitrogen and oxygen atoms in total. The van der Waals surface area contributed by atoms with E-state index in [9.17, 15) is 26.4 Å². The summed E-state index contributed by atoms with van der Waals surface area (Å²) >= 11 is 0. The number of ketones is 1. The molecule has 1 aromatic carbocycles. The number of Topliss-reactive ketones (excluding diaryl/α,β-unsaturated/α-hetero) is 1. The largest absolute Gasteiger partial charge is 0.416 e. The maximum Gasteiger partial charge on any atom is 0.416 e. The SMILES string of the molecule is Cc1cc(C(F)(F)F)ccc1CC(=O)CCCCCS(=O)(=O)C(C)C. The first kappa shape index (κ1) is 21.7. The summed E-state index contributed by atoms with van der Waals surface area (Å²) in [4.78, 5) is 12.0. The molecule has 1 aromatic rings. The Hall–Kier alpha value is -1.37. The van der Waals surface area contributed by atoms with Gasteiger partial charge in [-0.1, -0.05) is 12.5 Å². The first-order valence-corrected chi connectivity index (χ1v) is 10.0. The lowest BCUT2D eigenvalue weighted by Crippen LogP contribution is -2.17. The van der Waals surface area contributed by atoms with Gasteiger partial charge in [-0.3, -0.25) is 4.79 Å². The molecule has 142 valence electrons. The molecule has 0 atom stereocenters. The number of halogens is 3. The van der Waals surface area contributed by atoms with Crippen molar-refractivity contribution in [2.75, 3.05) is 5.75 Å². The first-order valence-electron chi connectivity index (χ1n) is 8.33. The number of alkyl halides is 3. The highest BCUT2D eigenvalue weighted by atomic mass is 32.2. The van der Waals surface area contributed by atoms with Gasteiger partial charge in [-0.2, -0.15) is 13.2 Å². The minimum atomic E-state index is -4.39. The molecule has 0 radical (unpaired) electrons. The molecule has 0 unspecified atom stereocenters.